The summed E-state index contributed by atoms with van der Waals surface area (Å²) in [7, 11) is 0. The maximum atomic E-state index is 10.8. The highest BCUT2D eigenvalue weighted by molar-refractivity contribution is 6.33. The second kappa shape index (κ2) is 5.10. The summed E-state index contributed by atoms with van der Waals surface area (Å²) in [5.74, 6) is -0.905. The van der Waals surface area contributed by atoms with Crippen LogP contribution in [0.5, 0.6) is 0 Å². The van der Waals surface area contributed by atoms with Crippen molar-refractivity contribution in [2.75, 3.05) is 5.73 Å². The Bertz CT molecular complexity index is 596. The molecule has 3 nitrogen and oxygen atoms in total. The number of anilines is 1. The lowest BCUT2D eigenvalue weighted by Gasteiger charge is -2.11. The van der Waals surface area contributed by atoms with Crippen molar-refractivity contribution in [2.45, 2.75) is 6.42 Å². The minimum atomic E-state index is -0.905. The van der Waals surface area contributed by atoms with Crippen LogP contribution in [0.1, 0.15) is 5.56 Å². The molecule has 2 aromatic rings. The molecule has 0 aliphatic carbocycles. The fourth-order valence-electron chi connectivity index (χ4n) is 1.84. The van der Waals surface area contributed by atoms with Crippen molar-refractivity contribution in [1.29, 1.82) is 0 Å². The quantitative estimate of drug-likeness (QED) is 0.834. The van der Waals surface area contributed by atoms with Crippen LogP contribution in [0, 0.1) is 0 Å². The molecule has 0 radical (unpaired) electrons. The first-order chi connectivity index (χ1) is 8.59. The smallest absolute Gasteiger partial charge is 0.307 e. The highest BCUT2D eigenvalue weighted by atomic mass is 35.5. The fourth-order valence-corrected chi connectivity index (χ4v) is 2.08. The number of carboxylic acids is 1. The molecule has 0 aliphatic rings. The van der Waals surface area contributed by atoms with E-state index in [2.05, 4.69) is 0 Å². The number of carboxylic acid groups (broad SMARTS) is 1. The molecular formula is C14H12ClNO2. The number of hydrogen-bond acceptors (Lipinski definition) is 2. The number of para-hydroxylation sites is 1. The highest BCUT2D eigenvalue weighted by Crippen LogP contribution is 2.33. The largest absolute Gasteiger partial charge is 0.481 e. The topological polar surface area (TPSA) is 63.3 Å². The number of rotatable bonds is 3. The molecule has 0 saturated heterocycles. The SMILES string of the molecule is Nc1c(CC(=O)O)cccc1-c1ccccc1Cl. The van der Waals surface area contributed by atoms with E-state index in [-0.39, 0.29) is 6.42 Å². The molecule has 4 heteroatoms. The van der Waals surface area contributed by atoms with Gasteiger partial charge in [-0.1, -0.05) is 48.0 Å². The molecule has 3 N–H and O–H groups in total. The van der Waals surface area contributed by atoms with Crippen molar-refractivity contribution < 1.29 is 9.90 Å². The van der Waals surface area contributed by atoms with Gasteiger partial charge >= 0.3 is 5.97 Å². The molecule has 2 rings (SSSR count). The van der Waals surface area contributed by atoms with Gasteiger partial charge in [-0.25, -0.2) is 0 Å². The molecule has 92 valence electrons. The first-order valence-corrected chi connectivity index (χ1v) is 5.81. The van der Waals surface area contributed by atoms with Crippen molar-refractivity contribution in [3.05, 3.63) is 53.1 Å². The Morgan fingerprint density at radius 3 is 2.44 bits per heavy atom. The molecule has 0 aliphatic heterocycles. The predicted octanol–water partition coefficient (Wildman–Crippen LogP) is 3.22. The summed E-state index contributed by atoms with van der Waals surface area (Å²) in [6, 6.07) is 12.7. The monoisotopic (exact) mass is 261 g/mol. The second-order valence-electron chi connectivity index (χ2n) is 3.93. The molecule has 2 aromatic carbocycles. The lowest BCUT2D eigenvalue weighted by molar-refractivity contribution is -0.136. The van der Waals surface area contributed by atoms with Gasteiger partial charge in [0, 0.05) is 21.8 Å². The second-order valence-corrected chi connectivity index (χ2v) is 4.34. The summed E-state index contributed by atoms with van der Waals surface area (Å²) in [5, 5.41) is 9.42. The minimum absolute atomic E-state index is 0.0931. The van der Waals surface area contributed by atoms with Gasteiger partial charge in [0.15, 0.2) is 0 Å². The summed E-state index contributed by atoms with van der Waals surface area (Å²) >= 11 is 6.12. The third-order valence-electron chi connectivity index (χ3n) is 2.70. The maximum Gasteiger partial charge on any atom is 0.307 e. The van der Waals surface area contributed by atoms with Crippen molar-refractivity contribution in [1.82, 2.24) is 0 Å². The summed E-state index contributed by atoms with van der Waals surface area (Å²) in [6.45, 7) is 0. The lowest BCUT2D eigenvalue weighted by Crippen LogP contribution is -2.04. The van der Waals surface area contributed by atoms with E-state index in [0.29, 0.717) is 16.3 Å². The van der Waals surface area contributed by atoms with Crippen molar-refractivity contribution in [2.24, 2.45) is 0 Å². The number of aliphatic carboxylic acids is 1. The van der Waals surface area contributed by atoms with Crippen LogP contribution in [-0.4, -0.2) is 11.1 Å². The van der Waals surface area contributed by atoms with E-state index in [1.54, 1.807) is 18.2 Å². The third kappa shape index (κ3) is 2.46. The molecule has 0 bridgehead atoms. The third-order valence-corrected chi connectivity index (χ3v) is 3.03. The van der Waals surface area contributed by atoms with E-state index in [0.717, 1.165) is 11.1 Å². The van der Waals surface area contributed by atoms with Crippen LogP contribution in [0.15, 0.2) is 42.5 Å². The first-order valence-electron chi connectivity index (χ1n) is 5.43. The van der Waals surface area contributed by atoms with E-state index < -0.39 is 5.97 Å². The lowest BCUT2D eigenvalue weighted by atomic mass is 9.99. The van der Waals surface area contributed by atoms with Gasteiger partial charge in [0.1, 0.15) is 0 Å². The fraction of sp³-hybridized carbons (Fsp3) is 0.0714. The van der Waals surface area contributed by atoms with Crippen molar-refractivity contribution in [3.63, 3.8) is 0 Å². The van der Waals surface area contributed by atoms with Crippen LogP contribution in [0.3, 0.4) is 0 Å². The number of carbonyl (C=O) groups is 1. The Hall–Kier alpha value is -2.00. The highest BCUT2D eigenvalue weighted by Gasteiger charge is 2.11. The number of benzene rings is 2. The molecule has 0 aromatic heterocycles. The first kappa shape index (κ1) is 12.5. The summed E-state index contributed by atoms with van der Waals surface area (Å²) in [6.07, 6.45) is -0.0931. The molecule has 18 heavy (non-hydrogen) atoms. The normalized spacial score (nSPS) is 10.3. The zero-order valence-corrected chi connectivity index (χ0v) is 10.3. The maximum absolute atomic E-state index is 10.8. The van der Waals surface area contributed by atoms with Crippen LogP contribution in [0.25, 0.3) is 11.1 Å². The van der Waals surface area contributed by atoms with Gasteiger partial charge in [-0.05, 0) is 11.6 Å². The summed E-state index contributed by atoms with van der Waals surface area (Å²) < 4.78 is 0. The van der Waals surface area contributed by atoms with Gasteiger partial charge in [0.05, 0.1) is 6.42 Å². The van der Waals surface area contributed by atoms with E-state index in [9.17, 15) is 4.79 Å². The van der Waals surface area contributed by atoms with Crippen LogP contribution in [-0.2, 0) is 11.2 Å². The van der Waals surface area contributed by atoms with E-state index in [4.69, 9.17) is 22.4 Å². The summed E-state index contributed by atoms with van der Waals surface area (Å²) in [4.78, 5) is 10.8. The van der Waals surface area contributed by atoms with Crippen molar-refractivity contribution in [3.8, 4) is 11.1 Å². The Kier molecular flexibility index (Phi) is 3.53. The van der Waals surface area contributed by atoms with Crippen molar-refractivity contribution >= 4 is 23.3 Å². The minimum Gasteiger partial charge on any atom is -0.481 e. The van der Waals surface area contributed by atoms with Gasteiger partial charge in [-0.15, -0.1) is 0 Å². The van der Waals surface area contributed by atoms with Crippen LogP contribution < -0.4 is 5.73 Å². The van der Waals surface area contributed by atoms with Crippen LogP contribution >= 0.6 is 11.6 Å². The average molecular weight is 262 g/mol. The molecular weight excluding hydrogens is 250 g/mol. The molecule has 0 amide bonds. The Balaban J connectivity index is 2.53. The molecule has 0 spiro atoms. The average Bonchev–Trinajstić information content (AvgIpc) is 2.32. The molecule has 0 saturated carbocycles. The van der Waals surface area contributed by atoms with Gasteiger partial charge in [-0.2, -0.15) is 0 Å². The van der Waals surface area contributed by atoms with Gasteiger partial charge in [0.25, 0.3) is 0 Å². The van der Waals surface area contributed by atoms with Crippen LogP contribution in [0.2, 0.25) is 5.02 Å². The van der Waals surface area contributed by atoms with E-state index in [1.807, 2.05) is 24.3 Å². The van der Waals surface area contributed by atoms with Gasteiger partial charge in [0.2, 0.25) is 0 Å². The summed E-state index contributed by atoms with van der Waals surface area (Å²) in [5.41, 5.74) is 8.65. The molecule has 0 fully saturated rings. The Morgan fingerprint density at radius 1 is 1.11 bits per heavy atom. The number of nitrogen functional groups attached to an aromatic ring is 1. The zero-order valence-electron chi connectivity index (χ0n) is 9.56. The number of hydrogen-bond donors (Lipinski definition) is 2. The zero-order chi connectivity index (χ0) is 13.1. The Morgan fingerprint density at radius 2 is 1.78 bits per heavy atom. The Labute approximate surface area is 110 Å². The number of nitrogens with two attached hydrogens (primary N) is 1. The van der Waals surface area contributed by atoms with E-state index in [1.165, 1.54) is 0 Å². The van der Waals surface area contributed by atoms with Gasteiger partial charge in [-0.3, -0.25) is 4.79 Å². The standard InChI is InChI=1S/C14H12ClNO2/c15-12-7-2-1-5-10(12)11-6-3-4-9(14(11)16)8-13(17)18/h1-7H,8,16H2,(H,17,18). The van der Waals surface area contributed by atoms with Gasteiger partial charge < -0.3 is 10.8 Å². The van der Waals surface area contributed by atoms with Crippen LogP contribution in [0.4, 0.5) is 5.69 Å². The predicted molar refractivity (Wildman–Crippen MR) is 72.6 cm³/mol. The van der Waals surface area contributed by atoms with E-state index >= 15 is 0 Å². The molecule has 0 unspecified atom stereocenters. The number of halogens is 1. The molecule has 0 atom stereocenters. The molecule has 0 heterocycles.